The SMILES string of the molecule is C=I1(c2ccccc2)C(=O)c2cc3c(cc2-c2cccnc2C1=O)C1(c2ccccc2-c2ccccc21)c1ccccc1-3. The molecule has 1 spiro atoms. The molecule has 0 fully saturated rings. The van der Waals surface area contributed by atoms with Gasteiger partial charge in [0.1, 0.15) is 0 Å². The van der Waals surface area contributed by atoms with Crippen molar-refractivity contribution in [1.29, 1.82) is 0 Å². The Morgan fingerprint density at radius 1 is 0.488 bits per heavy atom. The fourth-order valence-electron chi connectivity index (χ4n) is 7.54. The van der Waals surface area contributed by atoms with E-state index in [0.717, 1.165) is 25.8 Å². The van der Waals surface area contributed by atoms with Gasteiger partial charge in [-0.15, -0.1) is 0 Å². The van der Waals surface area contributed by atoms with Crippen LogP contribution in [-0.2, 0) is 5.41 Å². The number of carbonyl (C=O) groups excluding carboxylic acids is 2. The van der Waals surface area contributed by atoms with Crippen molar-refractivity contribution in [2.24, 2.45) is 0 Å². The predicted molar refractivity (Wildman–Crippen MR) is 181 cm³/mol. The van der Waals surface area contributed by atoms with Crippen LogP contribution in [0.5, 0.6) is 0 Å². The molecule has 43 heavy (non-hydrogen) atoms. The summed E-state index contributed by atoms with van der Waals surface area (Å²) in [5, 5.41) is 0. The fraction of sp³-hybridized carbons (Fsp3) is 0.0256. The maximum atomic E-state index is 14.8. The number of aromatic nitrogens is 1. The van der Waals surface area contributed by atoms with Crippen molar-refractivity contribution in [3.8, 4) is 33.4 Å². The van der Waals surface area contributed by atoms with Crippen molar-refractivity contribution in [1.82, 2.24) is 4.98 Å². The van der Waals surface area contributed by atoms with Gasteiger partial charge in [0.05, 0.1) is 0 Å². The first-order valence-electron chi connectivity index (χ1n) is 14.2. The predicted octanol–water partition coefficient (Wildman–Crippen LogP) is 8.73. The van der Waals surface area contributed by atoms with Gasteiger partial charge in [-0.1, -0.05) is 0 Å². The van der Waals surface area contributed by atoms with Gasteiger partial charge in [-0.2, -0.15) is 0 Å². The zero-order chi connectivity index (χ0) is 28.9. The molecule has 0 amide bonds. The first kappa shape index (κ1) is 24.8. The third-order valence-electron chi connectivity index (χ3n) is 9.32. The molecule has 0 bridgehead atoms. The maximum absolute atomic E-state index is 14.8. The number of nitrogens with zero attached hydrogens (tertiary/aromatic N) is 1. The van der Waals surface area contributed by atoms with Gasteiger partial charge in [0.25, 0.3) is 0 Å². The molecule has 1 atom stereocenters. The minimum atomic E-state index is -4.23. The van der Waals surface area contributed by atoms with E-state index in [0.29, 0.717) is 16.8 Å². The van der Waals surface area contributed by atoms with E-state index in [2.05, 4.69) is 94.4 Å². The summed E-state index contributed by atoms with van der Waals surface area (Å²) < 4.78 is 4.93. The molecule has 5 aromatic carbocycles. The average molecular weight is 666 g/mol. The van der Waals surface area contributed by atoms with Gasteiger partial charge >= 0.3 is 254 Å². The van der Waals surface area contributed by atoms with Crippen LogP contribution in [0.15, 0.2) is 134 Å². The van der Waals surface area contributed by atoms with Gasteiger partial charge in [0, 0.05) is 0 Å². The van der Waals surface area contributed by atoms with Crippen LogP contribution in [0.2, 0.25) is 0 Å². The molecule has 9 rings (SSSR count). The van der Waals surface area contributed by atoms with Crippen molar-refractivity contribution >= 4 is 30.1 Å². The second-order valence-corrected chi connectivity index (χ2v) is 18.4. The second-order valence-electron chi connectivity index (χ2n) is 11.3. The number of pyridine rings is 1. The number of benzene rings is 5. The summed E-state index contributed by atoms with van der Waals surface area (Å²) in [5.74, 6) is 0. The number of hydrogen-bond donors (Lipinski definition) is 0. The van der Waals surface area contributed by atoms with Gasteiger partial charge in [-0.25, -0.2) is 0 Å². The van der Waals surface area contributed by atoms with Crippen LogP contribution in [0.1, 0.15) is 43.1 Å². The molecule has 0 N–H and O–H groups in total. The minimum absolute atomic E-state index is 0.135. The topological polar surface area (TPSA) is 47.0 Å². The Morgan fingerprint density at radius 3 is 1.65 bits per heavy atom. The van der Waals surface area contributed by atoms with Crippen LogP contribution in [0, 0.1) is 3.57 Å². The Bertz CT molecular complexity index is 2220. The van der Waals surface area contributed by atoms with Gasteiger partial charge in [0.15, 0.2) is 0 Å². The molecule has 0 saturated carbocycles. The Hall–Kier alpha value is -4.81. The van der Waals surface area contributed by atoms with Crippen molar-refractivity contribution in [2.75, 3.05) is 0 Å². The molecule has 0 saturated heterocycles. The third-order valence-corrected chi connectivity index (χ3v) is 16.6. The first-order chi connectivity index (χ1) is 21.1. The quantitative estimate of drug-likeness (QED) is 0.130. The van der Waals surface area contributed by atoms with Gasteiger partial charge in [-0.05, 0) is 0 Å². The van der Waals surface area contributed by atoms with E-state index in [1.165, 1.54) is 27.8 Å². The molecule has 6 aromatic rings. The van der Waals surface area contributed by atoms with E-state index < -0.39 is 23.4 Å². The zero-order valence-electron chi connectivity index (χ0n) is 23.1. The third kappa shape index (κ3) is 2.94. The number of halogens is 1. The van der Waals surface area contributed by atoms with Crippen LogP contribution in [0.4, 0.5) is 0 Å². The molecule has 204 valence electrons. The van der Waals surface area contributed by atoms with E-state index >= 15 is 0 Å². The molecule has 2 heterocycles. The average Bonchev–Trinajstić information content (AvgIpc) is 3.52. The first-order valence-corrected chi connectivity index (χ1v) is 19.0. The molecule has 1 aliphatic heterocycles. The molecular formula is C39H24INO2. The van der Waals surface area contributed by atoms with Crippen molar-refractivity contribution in [3.05, 3.63) is 171 Å². The van der Waals surface area contributed by atoms with E-state index in [4.69, 9.17) is 0 Å². The van der Waals surface area contributed by atoms with Crippen molar-refractivity contribution in [3.63, 3.8) is 0 Å². The van der Waals surface area contributed by atoms with Crippen LogP contribution < -0.4 is 0 Å². The second kappa shape index (κ2) is 8.62. The Morgan fingerprint density at radius 2 is 1.02 bits per heavy atom. The fourth-order valence-corrected chi connectivity index (χ4v) is 13.5. The Kier molecular flexibility index (Phi) is 4.96. The van der Waals surface area contributed by atoms with Crippen LogP contribution >= 0.6 is 18.0 Å². The molecular weight excluding hydrogens is 641 g/mol. The summed E-state index contributed by atoms with van der Waals surface area (Å²) in [4.78, 5) is 33.8. The molecule has 1 aromatic heterocycles. The summed E-state index contributed by atoms with van der Waals surface area (Å²) in [7, 11) is 0. The molecule has 3 nitrogen and oxygen atoms in total. The van der Waals surface area contributed by atoms with E-state index in [1.807, 2.05) is 42.5 Å². The number of fused-ring (bicyclic) bond motifs is 13. The van der Waals surface area contributed by atoms with Crippen LogP contribution in [0.3, 0.4) is 0 Å². The van der Waals surface area contributed by atoms with Crippen molar-refractivity contribution < 1.29 is 9.59 Å². The number of carbonyl (C=O) groups is 2. The standard InChI is InChI=1S/C39H24INO2/c1-40(24-12-3-2-4-13-24)37(42)31-22-30-27-16-7-10-20-34(27)39(32-18-8-5-14-25(32)26-15-6-9-19-33(26)39)35(30)23-29(31)28-17-11-21-41-36(28)38(40)43/h2-23H,1H2. The number of rotatable bonds is 1. The number of hydrogen-bond acceptors (Lipinski definition) is 3. The van der Waals surface area contributed by atoms with Crippen LogP contribution in [-0.4, -0.2) is 17.1 Å². The molecule has 2 aliphatic carbocycles. The van der Waals surface area contributed by atoms with E-state index in [-0.39, 0.29) is 7.58 Å². The zero-order valence-corrected chi connectivity index (χ0v) is 25.2. The normalized spacial score (nSPS) is 19.7. The van der Waals surface area contributed by atoms with E-state index in [1.54, 1.807) is 6.20 Å². The van der Waals surface area contributed by atoms with Crippen LogP contribution in [0.25, 0.3) is 33.4 Å². The summed E-state index contributed by atoms with van der Waals surface area (Å²) in [6.07, 6.45) is 1.65. The summed E-state index contributed by atoms with van der Waals surface area (Å²) in [6, 6.07) is 43.4. The van der Waals surface area contributed by atoms with E-state index in [9.17, 15) is 9.59 Å². The Labute approximate surface area is 252 Å². The summed E-state index contributed by atoms with van der Waals surface area (Å²) >= 11 is -4.23. The molecule has 4 heteroatoms. The Balaban J connectivity index is 1.44. The molecule has 3 aliphatic rings. The summed E-state index contributed by atoms with van der Waals surface area (Å²) in [6.45, 7) is 0. The van der Waals surface area contributed by atoms with Crippen molar-refractivity contribution in [2.45, 2.75) is 5.41 Å². The molecule has 0 radical (unpaired) electrons. The van der Waals surface area contributed by atoms with Gasteiger partial charge in [-0.3, -0.25) is 0 Å². The van der Waals surface area contributed by atoms with Gasteiger partial charge in [0.2, 0.25) is 0 Å². The molecule has 1 unspecified atom stereocenters. The van der Waals surface area contributed by atoms with Gasteiger partial charge < -0.3 is 0 Å². The monoisotopic (exact) mass is 665 g/mol. The summed E-state index contributed by atoms with van der Waals surface area (Å²) in [5.41, 5.74) is 11.2.